The Labute approximate surface area is 77.2 Å². The summed E-state index contributed by atoms with van der Waals surface area (Å²) in [6.07, 6.45) is 0. The summed E-state index contributed by atoms with van der Waals surface area (Å²) in [6, 6.07) is 0. The minimum atomic E-state index is -1.82. The van der Waals surface area contributed by atoms with Gasteiger partial charge in [-0.05, 0) is 0 Å². The van der Waals surface area contributed by atoms with Gasteiger partial charge < -0.3 is 18.7 Å². The monoisotopic (exact) mass is 202 g/mol. The van der Waals surface area contributed by atoms with Gasteiger partial charge in [0.05, 0.1) is 7.11 Å². The van der Waals surface area contributed by atoms with Gasteiger partial charge in [-0.25, -0.2) is 19.2 Å². The van der Waals surface area contributed by atoms with Crippen LogP contribution in [0.1, 0.15) is 0 Å². The van der Waals surface area contributed by atoms with Crippen molar-refractivity contribution in [2.45, 2.75) is 0 Å². The molecule has 14 heavy (non-hydrogen) atoms. The summed E-state index contributed by atoms with van der Waals surface area (Å²) in [5, 5.41) is 0. The fourth-order valence-corrected chi connectivity index (χ4v) is 0.562. The number of methoxy groups -OCH3 is 1. The Morgan fingerprint density at radius 2 is 1.64 bits per heavy atom. The van der Waals surface area contributed by atoms with Gasteiger partial charge in [-0.1, -0.05) is 0 Å². The van der Waals surface area contributed by atoms with Crippen molar-refractivity contribution >= 4 is 31.2 Å². The molecule has 0 aromatic rings. The van der Waals surface area contributed by atoms with E-state index in [9.17, 15) is 19.2 Å². The molecular weight excluding hydrogens is 199 g/mol. The van der Waals surface area contributed by atoms with Gasteiger partial charge >= 0.3 is 31.2 Å². The molecule has 0 aromatic carbocycles. The highest BCUT2D eigenvalue weighted by Crippen LogP contribution is 2.04. The fourth-order valence-electron chi connectivity index (χ4n) is 0.562. The lowest BCUT2D eigenvalue weighted by atomic mass is 10.2. The van der Waals surface area contributed by atoms with E-state index in [0.29, 0.717) is 0 Å². The molecule has 0 unspecified atom stereocenters. The number of carbonyl (C=O) groups is 4. The first-order chi connectivity index (χ1) is 6.54. The molecule has 0 radical (unpaired) electrons. The van der Waals surface area contributed by atoms with Gasteiger partial charge in [-0.15, -0.1) is 0 Å². The summed E-state index contributed by atoms with van der Waals surface area (Å²) in [6.45, 7) is 0. The van der Waals surface area contributed by atoms with Crippen LogP contribution in [0.5, 0.6) is 0 Å². The number of hydrogen-bond donors (Lipinski definition) is 0. The smallest absolute Gasteiger partial charge is 0.461 e. The van der Waals surface area contributed by atoms with Crippen LogP contribution in [0.25, 0.3) is 0 Å². The van der Waals surface area contributed by atoms with E-state index in [0.717, 1.165) is 7.11 Å². The highest BCUT2D eigenvalue weighted by Gasteiger charge is 2.47. The summed E-state index contributed by atoms with van der Waals surface area (Å²) >= 11 is 0. The molecule has 8 nitrogen and oxygen atoms in total. The average Bonchev–Trinajstić information content (AvgIpc) is 2.44. The van der Waals surface area contributed by atoms with Crippen molar-refractivity contribution in [3.05, 3.63) is 0 Å². The first-order valence-electron chi connectivity index (χ1n) is 3.25. The molecule has 0 bridgehead atoms. The number of rotatable bonds is 1. The van der Waals surface area contributed by atoms with Crippen molar-refractivity contribution in [2.24, 2.45) is 0 Å². The molecule has 1 fully saturated rings. The highest BCUT2D eigenvalue weighted by molar-refractivity contribution is 6.58. The predicted octanol–water partition coefficient (Wildman–Crippen LogP) is -2.21. The quantitative estimate of drug-likeness (QED) is 0.267. The van der Waals surface area contributed by atoms with Crippen LogP contribution >= 0.6 is 0 Å². The minimum absolute atomic E-state index is 0.955. The zero-order valence-corrected chi connectivity index (χ0v) is 6.84. The number of hydrogen-bond acceptors (Lipinski definition) is 8. The third-order valence-electron chi connectivity index (χ3n) is 1.13. The topological polar surface area (TPSA) is 105 Å². The molecule has 0 aromatic heterocycles. The SMILES string of the molecule is COC(=O)C(=O)OB1OC(=O)C(=O)O1. The standard InChI is InChI=1S/C5H3BO8/c1-11-2(7)3(8)12-6-13-4(9)5(10)14-6/h1H3. The summed E-state index contributed by atoms with van der Waals surface area (Å²) in [5.41, 5.74) is 0. The Morgan fingerprint density at radius 3 is 2.07 bits per heavy atom. The average molecular weight is 202 g/mol. The number of carbonyl (C=O) groups excluding carboxylic acids is 4. The Morgan fingerprint density at radius 1 is 1.14 bits per heavy atom. The van der Waals surface area contributed by atoms with Crippen molar-refractivity contribution < 1.29 is 37.9 Å². The van der Waals surface area contributed by atoms with Crippen molar-refractivity contribution in [2.75, 3.05) is 7.11 Å². The van der Waals surface area contributed by atoms with Crippen molar-refractivity contribution in [3.8, 4) is 0 Å². The molecule has 9 heteroatoms. The van der Waals surface area contributed by atoms with Crippen LogP contribution in [0.2, 0.25) is 0 Å². The molecule has 0 saturated carbocycles. The van der Waals surface area contributed by atoms with Gasteiger partial charge in [0.25, 0.3) is 0 Å². The molecule has 0 spiro atoms. The Kier molecular flexibility index (Phi) is 2.70. The maximum atomic E-state index is 10.7. The van der Waals surface area contributed by atoms with Gasteiger partial charge in [0.2, 0.25) is 0 Å². The first-order valence-corrected chi connectivity index (χ1v) is 3.25. The normalized spacial score (nSPS) is 14.5. The molecule has 1 rings (SSSR count). The van der Waals surface area contributed by atoms with E-state index < -0.39 is 31.2 Å². The lowest BCUT2D eigenvalue weighted by molar-refractivity contribution is -0.162. The van der Waals surface area contributed by atoms with E-state index in [4.69, 9.17) is 0 Å². The second-order valence-corrected chi connectivity index (χ2v) is 2.00. The molecule has 1 aliphatic rings. The minimum Gasteiger partial charge on any atom is -0.461 e. The maximum Gasteiger partial charge on any atom is 0.871 e. The van der Waals surface area contributed by atoms with Gasteiger partial charge in [0.1, 0.15) is 0 Å². The van der Waals surface area contributed by atoms with Crippen molar-refractivity contribution in [1.82, 2.24) is 0 Å². The van der Waals surface area contributed by atoms with Crippen LogP contribution in [0.3, 0.4) is 0 Å². The summed E-state index contributed by atoms with van der Waals surface area (Å²) in [7, 11) is -0.863. The molecule has 74 valence electrons. The number of ether oxygens (including phenoxy) is 1. The Hall–Kier alpha value is -2.06. The molecule has 0 N–H and O–H groups in total. The van der Waals surface area contributed by atoms with Gasteiger partial charge in [0.15, 0.2) is 0 Å². The van der Waals surface area contributed by atoms with Crippen molar-refractivity contribution in [3.63, 3.8) is 0 Å². The molecule has 1 heterocycles. The Balaban J connectivity index is 2.47. The van der Waals surface area contributed by atoms with Crippen LogP contribution in [0.4, 0.5) is 0 Å². The first kappa shape index (κ1) is 10.0. The lowest BCUT2D eigenvalue weighted by Crippen LogP contribution is -2.29. The Bertz CT molecular complexity index is 293. The summed E-state index contributed by atoms with van der Waals surface area (Å²) in [5.74, 6) is -5.33. The van der Waals surface area contributed by atoms with E-state index in [1.165, 1.54) is 0 Å². The van der Waals surface area contributed by atoms with E-state index in [2.05, 4.69) is 18.7 Å². The van der Waals surface area contributed by atoms with Gasteiger partial charge in [-0.3, -0.25) is 0 Å². The summed E-state index contributed by atoms with van der Waals surface area (Å²) in [4.78, 5) is 42.0. The molecule has 1 saturated heterocycles. The van der Waals surface area contributed by atoms with E-state index in [1.807, 2.05) is 0 Å². The van der Waals surface area contributed by atoms with E-state index >= 15 is 0 Å². The van der Waals surface area contributed by atoms with E-state index in [-0.39, 0.29) is 0 Å². The molecule has 0 atom stereocenters. The number of esters is 1. The van der Waals surface area contributed by atoms with Crippen LogP contribution in [-0.2, 0) is 37.9 Å². The third-order valence-corrected chi connectivity index (χ3v) is 1.13. The van der Waals surface area contributed by atoms with Crippen molar-refractivity contribution in [1.29, 1.82) is 0 Å². The largest absolute Gasteiger partial charge is 0.871 e. The van der Waals surface area contributed by atoms with E-state index in [1.54, 1.807) is 0 Å². The van der Waals surface area contributed by atoms with Gasteiger partial charge in [0, 0.05) is 0 Å². The van der Waals surface area contributed by atoms with Crippen LogP contribution in [0.15, 0.2) is 0 Å². The molecule has 0 aliphatic carbocycles. The fraction of sp³-hybridized carbons (Fsp3) is 0.200. The molecular formula is C5H3BO8. The van der Waals surface area contributed by atoms with Crippen LogP contribution < -0.4 is 0 Å². The highest BCUT2D eigenvalue weighted by atomic mass is 16.8. The third kappa shape index (κ3) is 2.00. The summed E-state index contributed by atoms with van der Waals surface area (Å²) < 4.78 is 16.2. The zero-order valence-electron chi connectivity index (χ0n) is 6.84. The second-order valence-electron chi connectivity index (χ2n) is 2.00. The van der Waals surface area contributed by atoms with Crippen LogP contribution in [0, 0.1) is 0 Å². The van der Waals surface area contributed by atoms with Crippen LogP contribution in [-0.4, -0.2) is 38.3 Å². The van der Waals surface area contributed by atoms with Gasteiger partial charge in [-0.2, -0.15) is 0 Å². The molecule has 0 amide bonds. The second kappa shape index (κ2) is 3.77. The maximum absolute atomic E-state index is 10.7. The lowest BCUT2D eigenvalue weighted by Gasteiger charge is -2.01. The molecule has 1 aliphatic heterocycles. The zero-order chi connectivity index (χ0) is 10.7. The predicted molar refractivity (Wildman–Crippen MR) is 36.0 cm³/mol.